The molecule has 4 amide bonds. The predicted octanol–water partition coefficient (Wildman–Crippen LogP) is 8.02. The fourth-order valence-electron chi connectivity index (χ4n) is 8.97. The van der Waals surface area contributed by atoms with Crippen molar-refractivity contribution in [3.05, 3.63) is 108 Å². The molecule has 0 aliphatic carbocycles. The molecule has 17 nitrogen and oxygen atoms in total. The lowest BCUT2D eigenvalue weighted by Gasteiger charge is -2.32. The van der Waals surface area contributed by atoms with E-state index in [1.54, 1.807) is 84.1 Å². The molecule has 0 saturated carbocycles. The topological polar surface area (TPSA) is 210 Å². The number of aromatic nitrogens is 4. The van der Waals surface area contributed by atoms with Crippen molar-refractivity contribution >= 4 is 66.8 Å². The summed E-state index contributed by atoms with van der Waals surface area (Å²) in [7, 11) is 5.80. The number of fused-ring (bicyclic) bond motifs is 2. The van der Waals surface area contributed by atoms with Crippen LogP contribution in [0.1, 0.15) is 72.6 Å². The number of alkyl carbamates (subject to hydrolysis) is 1. The van der Waals surface area contributed by atoms with E-state index in [0.29, 0.717) is 60.2 Å². The number of hydrogen-bond donors (Lipinski definition) is 4. The molecule has 2 fully saturated rings. The Morgan fingerprint density at radius 2 is 1.22 bits per heavy atom. The third-order valence-electron chi connectivity index (χ3n) is 12.0. The molecule has 0 bridgehead atoms. The SMILES string of the molecule is COC(=O)NC(C(=O)N1CCC[C@H]1c1ncc(-c2cc3c(OC)c4sc(-c5cnc([C@@H]6CCCN6C(=O)C(c6ccccc6)N(N)C(=O)OC)[nH]5)cc4c(OC)c3s2)[nH]1)c1ccccc1. The van der Waals surface area contributed by atoms with Gasteiger partial charge in [-0.25, -0.2) is 30.4 Å². The Morgan fingerprint density at radius 3 is 1.69 bits per heavy atom. The van der Waals surface area contributed by atoms with E-state index in [9.17, 15) is 19.2 Å². The van der Waals surface area contributed by atoms with E-state index < -0.39 is 24.3 Å². The van der Waals surface area contributed by atoms with Crippen molar-refractivity contribution in [2.45, 2.75) is 49.9 Å². The molecular formula is C46H47N9O8S2. The maximum atomic E-state index is 14.2. The summed E-state index contributed by atoms with van der Waals surface area (Å²) in [6.07, 6.45) is 4.95. The minimum atomic E-state index is -1.09. The van der Waals surface area contributed by atoms with E-state index in [1.165, 1.54) is 25.6 Å². The number of aromatic amines is 2. The van der Waals surface area contributed by atoms with Crippen molar-refractivity contribution in [3.8, 4) is 32.6 Å². The number of nitrogens with two attached hydrogens (primary N) is 1. The van der Waals surface area contributed by atoms with Gasteiger partial charge in [0, 0.05) is 23.9 Å². The average Bonchev–Trinajstić information content (AvgIpc) is 4.20. The van der Waals surface area contributed by atoms with Crippen LogP contribution in [0.5, 0.6) is 11.5 Å². The standard InChI is InChI=1S/C46H47N9O8S2/c1-60-37-27-21-33(29-23-48-41(50-29)31-17-11-19-53(31)43(56)35(52-45(58)62-3)25-13-7-5-8-14-25)64-39(27)38(61-2)28-22-34(65-40(28)37)30-24-49-42(51-30)32-18-12-20-54(32)44(57)36(55(47)46(59)63-4)26-15-9-6-10-16-26/h5-10,13-16,21-24,31-32,35-36H,11-12,17-20,47H2,1-4H3,(H,48,50)(H,49,51)(H,52,58)/t31-,32-,35?,36?/m0/s1. The molecule has 0 radical (unpaired) electrons. The summed E-state index contributed by atoms with van der Waals surface area (Å²) in [5.74, 6) is 8.30. The normalized spacial score (nSPS) is 17.0. The summed E-state index contributed by atoms with van der Waals surface area (Å²) in [4.78, 5) is 75.1. The third kappa shape index (κ3) is 7.99. The van der Waals surface area contributed by atoms with Gasteiger partial charge in [-0.15, -0.1) is 22.7 Å². The fourth-order valence-corrected chi connectivity index (χ4v) is 11.3. The first kappa shape index (κ1) is 43.3. The lowest BCUT2D eigenvalue weighted by atomic mass is 10.0. The van der Waals surface area contributed by atoms with Gasteiger partial charge < -0.3 is 44.0 Å². The number of imidazole rings is 2. The third-order valence-corrected chi connectivity index (χ3v) is 14.4. The Bertz CT molecular complexity index is 2820. The molecule has 6 heterocycles. The molecule has 3 aromatic carbocycles. The largest absolute Gasteiger partial charge is 0.495 e. The van der Waals surface area contributed by atoms with Gasteiger partial charge in [-0.2, -0.15) is 0 Å². The predicted molar refractivity (Wildman–Crippen MR) is 245 cm³/mol. The van der Waals surface area contributed by atoms with Crippen molar-refractivity contribution in [1.29, 1.82) is 0 Å². The molecule has 2 aliphatic rings. The van der Waals surface area contributed by atoms with Gasteiger partial charge in [0.25, 0.3) is 11.8 Å². The number of rotatable bonds is 12. The van der Waals surface area contributed by atoms with Gasteiger partial charge in [-0.1, -0.05) is 60.7 Å². The Kier molecular flexibility index (Phi) is 12.2. The molecule has 4 atom stereocenters. The van der Waals surface area contributed by atoms with Crippen LogP contribution in [-0.2, 0) is 19.1 Å². The second-order valence-electron chi connectivity index (χ2n) is 15.7. The Balaban J connectivity index is 0.986. The van der Waals surface area contributed by atoms with Crippen LogP contribution in [-0.4, -0.2) is 100 Å². The van der Waals surface area contributed by atoms with E-state index in [4.69, 9.17) is 34.8 Å². The number of hydrazine groups is 1. The van der Waals surface area contributed by atoms with Gasteiger partial charge in [0.05, 0.1) is 83.5 Å². The molecule has 336 valence electrons. The minimum absolute atomic E-state index is 0.243. The highest BCUT2D eigenvalue weighted by atomic mass is 32.1. The van der Waals surface area contributed by atoms with Crippen LogP contribution in [0, 0.1) is 0 Å². The number of likely N-dealkylation sites (tertiary alicyclic amines) is 2. The fraction of sp³-hybridized carbons (Fsp3) is 0.304. The van der Waals surface area contributed by atoms with Crippen molar-refractivity contribution in [2.24, 2.45) is 5.84 Å². The molecule has 2 aliphatic heterocycles. The van der Waals surface area contributed by atoms with Crippen molar-refractivity contribution < 1.29 is 38.1 Å². The Labute approximate surface area is 381 Å². The molecule has 0 spiro atoms. The number of carbonyl (C=O) groups is 4. The maximum absolute atomic E-state index is 14.2. The quantitative estimate of drug-likeness (QED) is 0.0524. The van der Waals surface area contributed by atoms with Gasteiger partial charge in [0.1, 0.15) is 29.2 Å². The number of nitrogens with zero attached hydrogens (tertiary/aromatic N) is 5. The van der Waals surface area contributed by atoms with E-state index in [2.05, 4.69) is 27.4 Å². The monoisotopic (exact) mass is 917 g/mol. The summed E-state index contributed by atoms with van der Waals surface area (Å²) < 4.78 is 23.8. The smallest absolute Gasteiger partial charge is 0.424 e. The number of nitrogens with one attached hydrogen (secondary N) is 3. The number of benzene rings is 3. The maximum Gasteiger partial charge on any atom is 0.424 e. The number of amides is 4. The molecule has 5 N–H and O–H groups in total. The highest BCUT2D eigenvalue weighted by molar-refractivity contribution is 7.24. The lowest BCUT2D eigenvalue weighted by Crippen LogP contribution is -2.48. The van der Waals surface area contributed by atoms with Crippen LogP contribution in [0.25, 0.3) is 41.3 Å². The number of ether oxygens (including phenoxy) is 4. The van der Waals surface area contributed by atoms with Crippen LogP contribution in [0.15, 0.2) is 85.2 Å². The average molecular weight is 918 g/mol. The van der Waals surface area contributed by atoms with Crippen molar-refractivity contribution in [1.82, 2.24) is 40.1 Å². The molecule has 2 saturated heterocycles. The molecule has 19 heteroatoms. The highest BCUT2D eigenvalue weighted by Gasteiger charge is 2.41. The molecular weight excluding hydrogens is 871 g/mol. The van der Waals surface area contributed by atoms with Gasteiger partial charge in [-0.3, -0.25) is 9.59 Å². The van der Waals surface area contributed by atoms with E-state index in [0.717, 1.165) is 59.2 Å². The molecule has 4 aromatic heterocycles. The molecule has 65 heavy (non-hydrogen) atoms. The minimum Gasteiger partial charge on any atom is -0.495 e. The molecule has 7 aromatic rings. The summed E-state index contributed by atoms with van der Waals surface area (Å²) in [6, 6.07) is 19.5. The number of thiophene rings is 2. The van der Waals surface area contributed by atoms with Crippen LogP contribution in [0.4, 0.5) is 9.59 Å². The van der Waals surface area contributed by atoms with Gasteiger partial charge in [0.15, 0.2) is 6.04 Å². The van der Waals surface area contributed by atoms with Crippen LogP contribution < -0.4 is 20.6 Å². The van der Waals surface area contributed by atoms with E-state index in [1.807, 2.05) is 24.3 Å². The first-order chi connectivity index (χ1) is 31.6. The molecule has 9 rings (SSSR count). The van der Waals surface area contributed by atoms with E-state index in [-0.39, 0.29) is 23.9 Å². The first-order valence-corrected chi connectivity index (χ1v) is 22.7. The van der Waals surface area contributed by atoms with Gasteiger partial charge in [-0.05, 0) is 48.9 Å². The van der Waals surface area contributed by atoms with Crippen molar-refractivity contribution in [3.63, 3.8) is 0 Å². The zero-order valence-corrected chi connectivity index (χ0v) is 37.7. The number of H-pyrrole nitrogens is 2. The van der Waals surface area contributed by atoms with E-state index >= 15 is 0 Å². The van der Waals surface area contributed by atoms with Crippen LogP contribution in [0.2, 0.25) is 0 Å². The number of carbonyl (C=O) groups excluding carboxylic acids is 4. The highest BCUT2D eigenvalue weighted by Crippen LogP contribution is 2.52. The first-order valence-electron chi connectivity index (χ1n) is 21.0. The van der Waals surface area contributed by atoms with Crippen LogP contribution >= 0.6 is 22.7 Å². The summed E-state index contributed by atoms with van der Waals surface area (Å²) in [5, 5.41) is 5.30. The van der Waals surface area contributed by atoms with Gasteiger partial charge >= 0.3 is 12.2 Å². The Hall–Kier alpha value is -6.96. The van der Waals surface area contributed by atoms with Crippen LogP contribution in [0.3, 0.4) is 0 Å². The summed E-state index contributed by atoms with van der Waals surface area (Å²) >= 11 is 3.08. The zero-order valence-electron chi connectivity index (χ0n) is 36.0. The second kappa shape index (κ2) is 18.3. The lowest BCUT2D eigenvalue weighted by molar-refractivity contribution is -0.138. The zero-order chi connectivity index (χ0) is 45.4. The Morgan fingerprint density at radius 1 is 0.723 bits per heavy atom. The van der Waals surface area contributed by atoms with Gasteiger partial charge in [0.2, 0.25) is 0 Å². The number of hydrogen-bond acceptors (Lipinski definition) is 13. The number of methoxy groups -OCH3 is 4. The molecule has 2 unspecified atom stereocenters. The van der Waals surface area contributed by atoms with Crippen molar-refractivity contribution in [2.75, 3.05) is 41.5 Å². The second-order valence-corrected chi connectivity index (χ2v) is 17.8. The summed E-state index contributed by atoms with van der Waals surface area (Å²) in [6.45, 7) is 0.986. The summed E-state index contributed by atoms with van der Waals surface area (Å²) in [5.41, 5.74) is 2.78.